The number of halogens is 7. The van der Waals surface area contributed by atoms with Gasteiger partial charge in [0.2, 0.25) is 5.91 Å². The van der Waals surface area contributed by atoms with Crippen molar-refractivity contribution < 1.29 is 55.7 Å². The van der Waals surface area contributed by atoms with Gasteiger partial charge in [-0.2, -0.15) is 26.3 Å². The number of carbonyl (C=O) groups is 3. The summed E-state index contributed by atoms with van der Waals surface area (Å²) in [6.07, 6.45) is -7.23. The maximum absolute atomic E-state index is 14.6. The summed E-state index contributed by atoms with van der Waals surface area (Å²) >= 11 is 6.40. The molecule has 3 atom stereocenters. The van der Waals surface area contributed by atoms with Crippen LogP contribution >= 0.6 is 11.6 Å². The number of rotatable bonds is 9. The van der Waals surface area contributed by atoms with E-state index in [1.54, 1.807) is 7.11 Å². The third kappa shape index (κ3) is 11.9. The van der Waals surface area contributed by atoms with Crippen molar-refractivity contribution in [2.24, 2.45) is 5.92 Å². The molecule has 288 valence electrons. The fourth-order valence-corrected chi connectivity index (χ4v) is 6.12. The van der Waals surface area contributed by atoms with E-state index in [9.17, 15) is 31.1 Å². The van der Waals surface area contributed by atoms with Crippen LogP contribution in [0.2, 0.25) is 5.02 Å². The Balaban J connectivity index is 0.000000458. The summed E-state index contributed by atoms with van der Waals surface area (Å²) in [7, 11) is 5.84. The molecular weight excluding hydrogens is 734 g/mol. The lowest BCUT2D eigenvalue weighted by atomic mass is 9.88. The number of hydrogen-bond acceptors (Lipinski definition) is 6. The van der Waals surface area contributed by atoms with Crippen LogP contribution in [-0.4, -0.2) is 90.6 Å². The van der Waals surface area contributed by atoms with Gasteiger partial charge in [-0.25, -0.2) is 9.59 Å². The number of carboxylic acids is 2. The van der Waals surface area contributed by atoms with Gasteiger partial charge in [0.05, 0.1) is 13.2 Å². The first-order valence-corrected chi connectivity index (χ1v) is 16.4. The summed E-state index contributed by atoms with van der Waals surface area (Å²) in [6, 6.07) is 21.6. The van der Waals surface area contributed by atoms with Crippen molar-refractivity contribution in [3.8, 4) is 5.75 Å². The number of amides is 1. The van der Waals surface area contributed by atoms with E-state index < -0.39 is 30.3 Å². The Morgan fingerprint density at radius 2 is 1.57 bits per heavy atom. The number of aromatic amines is 1. The van der Waals surface area contributed by atoms with E-state index in [2.05, 4.69) is 48.4 Å². The van der Waals surface area contributed by atoms with Crippen LogP contribution in [0.1, 0.15) is 29.5 Å². The van der Waals surface area contributed by atoms with Crippen LogP contribution in [0.15, 0.2) is 72.9 Å². The first-order valence-electron chi connectivity index (χ1n) is 16.0. The molecule has 1 aliphatic rings. The summed E-state index contributed by atoms with van der Waals surface area (Å²) < 4.78 is 69.1. The molecule has 4 N–H and O–H groups in total. The maximum atomic E-state index is 14.6. The highest BCUT2D eigenvalue weighted by Gasteiger charge is 2.39. The highest BCUT2D eigenvalue weighted by molar-refractivity contribution is 6.30. The fourth-order valence-electron chi connectivity index (χ4n) is 5.93. The topological polar surface area (TPSA) is 135 Å². The minimum Gasteiger partial charge on any atom is -0.496 e. The zero-order chi connectivity index (χ0) is 39.7. The van der Waals surface area contributed by atoms with E-state index in [4.69, 9.17) is 36.1 Å². The van der Waals surface area contributed by atoms with Gasteiger partial charge in [-0.05, 0) is 67.9 Å². The SMILES string of the molecule is COc1ccccc1CNC(C(=O)N1C[C@@H](CN(C)C)Cc2cc(Cl)ccc21)C(C)c1c[nH]c2ccccc12.O=C(O)C(F)(F)F.O=C(O)C(F)(F)F. The minimum absolute atomic E-state index is 0.0645. The molecule has 1 aromatic heterocycles. The predicted molar refractivity (Wildman–Crippen MR) is 187 cm³/mol. The second kappa shape index (κ2) is 18.3. The summed E-state index contributed by atoms with van der Waals surface area (Å²) in [5, 5.41) is 19.7. The Bertz CT molecular complexity index is 1840. The van der Waals surface area contributed by atoms with Gasteiger partial charge >= 0.3 is 24.3 Å². The van der Waals surface area contributed by atoms with Crippen molar-refractivity contribution in [2.45, 2.75) is 44.2 Å². The van der Waals surface area contributed by atoms with Crippen LogP contribution < -0.4 is 15.0 Å². The minimum atomic E-state index is -5.08. The number of para-hydroxylation sites is 2. The molecule has 0 fully saturated rings. The molecular formula is C36H39ClF6N4O6. The summed E-state index contributed by atoms with van der Waals surface area (Å²) in [5.41, 5.74) is 5.28. The molecule has 10 nitrogen and oxygen atoms in total. The monoisotopic (exact) mass is 772 g/mol. The van der Waals surface area contributed by atoms with Gasteiger partial charge in [0.1, 0.15) is 5.75 Å². The Labute approximate surface area is 306 Å². The number of hydrogen-bond donors (Lipinski definition) is 4. The molecule has 0 aliphatic carbocycles. The average Bonchev–Trinajstić information content (AvgIpc) is 3.51. The first-order chi connectivity index (χ1) is 24.7. The third-order valence-electron chi connectivity index (χ3n) is 8.24. The van der Waals surface area contributed by atoms with Gasteiger partial charge in [0.25, 0.3) is 0 Å². The van der Waals surface area contributed by atoms with Gasteiger partial charge in [-0.1, -0.05) is 54.9 Å². The number of benzene rings is 3. The smallest absolute Gasteiger partial charge is 0.490 e. The van der Waals surface area contributed by atoms with E-state index in [0.717, 1.165) is 52.0 Å². The average molecular weight is 773 g/mol. The number of fused-ring (bicyclic) bond motifs is 2. The van der Waals surface area contributed by atoms with Crippen LogP contribution in [0.25, 0.3) is 10.9 Å². The molecule has 2 unspecified atom stereocenters. The number of H-pyrrole nitrogens is 1. The molecule has 53 heavy (non-hydrogen) atoms. The molecule has 0 saturated heterocycles. The quantitative estimate of drug-likeness (QED) is 0.132. The van der Waals surface area contributed by atoms with Crippen molar-refractivity contribution in [1.82, 2.24) is 15.2 Å². The Kier molecular flexibility index (Phi) is 14.7. The van der Waals surface area contributed by atoms with Gasteiger partial charge in [-0.15, -0.1) is 0 Å². The lowest BCUT2D eigenvalue weighted by molar-refractivity contribution is -0.193. The van der Waals surface area contributed by atoms with E-state index in [1.807, 2.05) is 65.7 Å². The fraction of sp³-hybridized carbons (Fsp3) is 0.361. The predicted octanol–water partition coefficient (Wildman–Crippen LogP) is 7.13. The number of ether oxygens (including phenoxy) is 1. The normalized spacial score (nSPS) is 15.3. The second-order valence-corrected chi connectivity index (χ2v) is 12.8. The molecule has 0 saturated carbocycles. The van der Waals surface area contributed by atoms with E-state index >= 15 is 0 Å². The number of methoxy groups -OCH3 is 1. The Morgan fingerprint density at radius 3 is 2.15 bits per heavy atom. The molecule has 17 heteroatoms. The summed E-state index contributed by atoms with van der Waals surface area (Å²) in [4.78, 5) is 40.0. The number of carboxylic acid groups (broad SMARTS) is 2. The Morgan fingerprint density at radius 1 is 0.981 bits per heavy atom. The van der Waals surface area contributed by atoms with E-state index in [1.165, 1.54) is 0 Å². The molecule has 1 amide bonds. The molecule has 3 aromatic carbocycles. The standard InChI is InChI=1S/C32H37ClN4O2.2C2HF3O2/c1-21(27-18-34-28-11-7-6-10-26(27)28)31(35-17-23-9-5-8-12-30(23)39-4)32(38)37-20-22(19-36(2)3)15-24-16-25(33)13-14-29(24)37;2*3-2(4,5)1(6)7/h5-14,16,18,21-22,31,34-35H,15,17,19-20H2,1-4H3;2*(H,6,7)/t21?,22-,31?;;/m1../s1. The number of alkyl halides is 6. The van der Waals surface area contributed by atoms with Gasteiger partial charge < -0.3 is 35.1 Å². The van der Waals surface area contributed by atoms with Crippen LogP contribution in [-0.2, 0) is 27.3 Å². The molecule has 0 spiro atoms. The zero-order valence-corrected chi connectivity index (χ0v) is 29.8. The molecule has 1 aliphatic heterocycles. The van der Waals surface area contributed by atoms with Crippen LogP contribution in [0.3, 0.4) is 0 Å². The van der Waals surface area contributed by atoms with Gasteiger partial charge in [0, 0.05) is 58.9 Å². The summed E-state index contributed by atoms with van der Waals surface area (Å²) in [5.74, 6) is -4.42. The number of carbonyl (C=O) groups excluding carboxylic acids is 1. The maximum Gasteiger partial charge on any atom is 0.490 e. The zero-order valence-electron chi connectivity index (χ0n) is 29.1. The van der Waals surface area contributed by atoms with Crippen molar-refractivity contribution in [3.05, 3.63) is 94.6 Å². The lowest BCUT2D eigenvalue weighted by Crippen LogP contribution is -2.52. The largest absolute Gasteiger partial charge is 0.496 e. The molecule has 4 aromatic rings. The third-order valence-corrected chi connectivity index (χ3v) is 8.47. The van der Waals surface area contributed by atoms with E-state index in [0.29, 0.717) is 24.0 Å². The van der Waals surface area contributed by atoms with Crippen molar-refractivity contribution >= 4 is 46.0 Å². The van der Waals surface area contributed by atoms with Gasteiger partial charge in [-0.3, -0.25) is 4.79 Å². The summed E-state index contributed by atoms with van der Waals surface area (Å²) in [6.45, 7) is 4.21. The first kappa shape index (κ1) is 42.6. The number of anilines is 1. The molecule has 5 rings (SSSR count). The number of aliphatic carboxylic acids is 2. The molecule has 0 bridgehead atoms. The van der Waals surface area contributed by atoms with Crippen molar-refractivity contribution in [3.63, 3.8) is 0 Å². The molecule has 0 radical (unpaired) electrons. The van der Waals surface area contributed by atoms with Crippen LogP contribution in [0.4, 0.5) is 32.0 Å². The highest BCUT2D eigenvalue weighted by atomic mass is 35.5. The number of aromatic nitrogens is 1. The Hall–Kier alpha value is -4.80. The van der Waals surface area contributed by atoms with Crippen molar-refractivity contribution in [1.29, 1.82) is 0 Å². The highest BCUT2D eigenvalue weighted by Crippen LogP contribution is 2.35. The van der Waals surface area contributed by atoms with Crippen LogP contribution in [0, 0.1) is 5.92 Å². The van der Waals surface area contributed by atoms with E-state index in [-0.39, 0.29) is 11.8 Å². The van der Waals surface area contributed by atoms with Crippen molar-refractivity contribution in [2.75, 3.05) is 39.2 Å². The molecule has 2 heterocycles. The van der Waals surface area contributed by atoms with Crippen LogP contribution in [0.5, 0.6) is 5.75 Å². The van der Waals surface area contributed by atoms with Gasteiger partial charge in [0.15, 0.2) is 0 Å². The lowest BCUT2D eigenvalue weighted by Gasteiger charge is -2.39. The second-order valence-electron chi connectivity index (χ2n) is 12.4. The number of nitrogens with one attached hydrogen (secondary N) is 2. The number of nitrogens with zero attached hydrogens (tertiary/aromatic N) is 2.